The van der Waals surface area contributed by atoms with E-state index in [1.165, 1.54) is 22.1 Å². The molecule has 0 radical (unpaired) electrons. The molecule has 1 aromatic heterocycles. The van der Waals surface area contributed by atoms with Crippen LogP contribution in [-0.2, 0) is 6.42 Å². The molecule has 1 aliphatic carbocycles. The Bertz CT molecular complexity index is 589. The fourth-order valence-corrected chi connectivity index (χ4v) is 2.80. The highest BCUT2D eigenvalue weighted by Gasteiger charge is 2.22. The third-order valence-corrected chi connectivity index (χ3v) is 3.78. The van der Waals surface area contributed by atoms with Gasteiger partial charge in [0, 0.05) is 5.39 Å². The molecule has 1 atom stereocenters. The highest BCUT2D eigenvalue weighted by molar-refractivity contribution is 5.84. The minimum absolute atomic E-state index is 0.372. The van der Waals surface area contributed by atoms with Crippen LogP contribution in [0.2, 0.25) is 0 Å². The second-order valence-electron chi connectivity index (χ2n) is 5.03. The van der Waals surface area contributed by atoms with Gasteiger partial charge in [0.25, 0.3) is 0 Å². The van der Waals surface area contributed by atoms with Crippen LogP contribution in [0.25, 0.3) is 10.9 Å². The standard InChI is InChI=1S/C15H17NO/c1-9-6-7-13-12(8-9)10(2)11-4-3-5-14(17)15(11)16-13/h6-8,14,17H,3-5H2,1-2H3. The van der Waals surface area contributed by atoms with E-state index in [1.54, 1.807) is 0 Å². The molecule has 1 N–H and O–H groups in total. The predicted molar refractivity (Wildman–Crippen MR) is 69.1 cm³/mol. The number of aliphatic hydroxyl groups is 1. The van der Waals surface area contributed by atoms with Crippen molar-refractivity contribution in [3.05, 3.63) is 40.6 Å². The van der Waals surface area contributed by atoms with E-state index >= 15 is 0 Å². The first-order valence-corrected chi connectivity index (χ1v) is 6.24. The van der Waals surface area contributed by atoms with Gasteiger partial charge in [-0.3, -0.25) is 0 Å². The van der Waals surface area contributed by atoms with Gasteiger partial charge >= 0.3 is 0 Å². The molecule has 0 amide bonds. The number of rotatable bonds is 0. The normalized spacial score (nSPS) is 19.4. The summed E-state index contributed by atoms with van der Waals surface area (Å²) in [6.45, 7) is 4.26. The Morgan fingerprint density at radius 3 is 2.94 bits per heavy atom. The molecule has 0 aliphatic heterocycles. The molecule has 0 saturated carbocycles. The fourth-order valence-electron chi connectivity index (χ4n) is 2.80. The molecule has 0 bridgehead atoms. The van der Waals surface area contributed by atoms with E-state index in [9.17, 15) is 5.11 Å². The highest BCUT2D eigenvalue weighted by Crippen LogP contribution is 2.33. The lowest BCUT2D eigenvalue weighted by atomic mass is 9.88. The maximum atomic E-state index is 10.0. The van der Waals surface area contributed by atoms with Crippen molar-refractivity contribution in [3.63, 3.8) is 0 Å². The molecule has 3 rings (SSSR count). The summed E-state index contributed by atoms with van der Waals surface area (Å²) in [6, 6.07) is 6.33. The lowest BCUT2D eigenvalue weighted by molar-refractivity contribution is 0.152. The van der Waals surface area contributed by atoms with Crippen LogP contribution in [0.3, 0.4) is 0 Å². The number of pyridine rings is 1. The molecule has 2 aromatic rings. The van der Waals surface area contributed by atoms with E-state index in [0.29, 0.717) is 0 Å². The molecule has 1 unspecified atom stereocenters. The molecular weight excluding hydrogens is 210 g/mol. The van der Waals surface area contributed by atoms with Crippen LogP contribution in [0.1, 0.15) is 41.3 Å². The highest BCUT2D eigenvalue weighted by atomic mass is 16.3. The van der Waals surface area contributed by atoms with Gasteiger partial charge in [0.2, 0.25) is 0 Å². The Hall–Kier alpha value is -1.41. The van der Waals surface area contributed by atoms with E-state index in [1.807, 2.05) is 0 Å². The molecular formula is C15H17NO. The summed E-state index contributed by atoms with van der Waals surface area (Å²) in [5.74, 6) is 0. The quantitative estimate of drug-likeness (QED) is 0.749. The van der Waals surface area contributed by atoms with Crippen molar-refractivity contribution in [2.75, 3.05) is 0 Å². The smallest absolute Gasteiger partial charge is 0.0963 e. The van der Waals surface area contributed by atoms with Gasteiger partial charge in [-0.05, 0) is 56.4 Å². The molecule has 1 heterocycles. The number of aromatic nitrogens is 1. The lowest BCUT2D eigenvalue weighted by Crippen LogP contribution is -2.13. The van der Waals surface area contributed by atoms with Crippen LogP contribution < -0.4 is 0 Å². The van der Waals surface area contributed by atoms with Gasteiger partial charge in [-0.15, -0.1) is 0 Å². The fraction of sp³-hybridized carbons (Fsp3) is 0.400. The largest absolute Gasteiger partial charge is 0.387 e. The van der Waals surface area contributed by atoms with E-state index in [-0.39, 0.29) is 6.10 Å². The Kier molecular flexibility index (Phi) is 2.40. The second-order valence-corrected chi connectivity index (χ2v) is 5.03. The SMILES string of the molecule is Cc1ccc2nc3c(c(C)c2c1)CCCC3O. The van der Waals surface area contributed by atoms with Crippen molar-refractivity contribution in [2.45, 2.75) is 39.2 Å². The maximum Gasteiger partial charge on any atom is 0.0963 e. The summed E-state index contributed by atoms with van der Waals surface area (Å²) < 4.78 is 0. The van der Waals surface area contributed by atoms with Crippen molar-refractivity contribution in [3.8, 4) is 0 Å². The molecule has 0 spiro atoms. The minimum atomic E-state index is -0.372. The molecule has 1 aromatic carbocycles. The molecule has 1 aliphatic rings. The zero-order chi connectivity index (χ0) is 12.0. The maximum absolute atomic E-state index is 10.0. The van der Waals surface area contributed by atoms with Gasteiger partial charge in [-0.25, -0.2) is 4.98 Å². The monoisotopic (exact) mass is 227 g/mol. The molecule has 0 saturated heterocycles. The third kappa shape index (κ3) is 1.64. The van der Waals surface area contributed by atoms with Crippen LogP contribution in [-0.4, -0.2) is 10.1 Å². The van der Waals surface area contributed by atoms with Crippen molar-refractivity contribution >= 4 is 10.9 Å². The third-order valence-electron chi connectivity index (χ3n) is 3.78. The summed E-state index contributed by atoms with van der Waals surface area (Å²) >= 11 is 0. The van der Waals surface area contributed by atoms with Crippen LogP contribution in [0, 0.1) is 13.8 Å². The van der Waals surface area contributed by atoms with Crippen molar-refractivity contribution < 1.29 is 5.11 Å². The first-order chi connectivity index (χ1) is 8.16. The number of hydrogen-bond donors (Lipinski definition) is 1. The summed E-state index contributed by atoms with van der Waals surface area (Å²) in [6.07, 6.45) is 2.59. The summed E-state index contributed by atoms with van der Waals surface area (Å²) in [4.78, 5) is 4.65. The Morgan fingerprint density at radius 1 is 1.29 bits per heavy atom. The zero-order valence-corrected chi connectivity index (χ0v) is 10.3. The second kappa shape index (κ2) is 3.81. The van der Waals surface area contributed by atoms with Gasteiger partial charge in [-0.2, -0.15) is 0 Å². The number of hydrogen-bond acceptors (Lipinski definition) is 2. The summed E-state index contributed by atoms with van der Waals surface area (Å²) in [5, 5.41) is 11.3. The van der Waals surface area contributed by atoms with Gasteiger partial charge < -0.3 is 5.11 Å². The van der Waals surface area contributed by atoms with Crippen LogP contribution in [0.4, 0.5) is 0 Å². The summed E-state index contributed by atoms with van der Waals surface area (Å²) in [7, 11) is 0. The average Bonchev–Trinajstić information content (AvgIpc) is 2.32. The number of fused-ring (bicyclic) bond motifs is 2. The molecule has 88 valence electrons. The van der Waals surface area contributed by atoms with Crippen molar-refractivity contribution in [1.82, 2.24) is 4.98 Å². The number of benzene rings is 1. The summed E-state index contributed by atoms with van der Waals surface area (Å²) in [5.41, 5.74) is 5.74. The average molecular weight is 227 g/mol. The van der Waals surface area contributed by atoms with Gasteiger partial charge in [0.1, 0.15) is 0 Å². The lowest BCUT2D eigenvalue weighted by Gasteiger charge is -2.23. The Balaban J connectivity index is 2.35. The number of aryl methyl sites for hydroxylation is 2. The van der Waals surface area contributed by atoms with E-state index < -0.39 is 0 Å². The Morgan fingerprint density at radius 2 is 2.12 bits per heavy atom. The first kappa shape index (κ1) is 10.7. The van der Waals surface area contributed by atoms with Crippen LogP contribution in [0.15, 0.2) is 18.2 Å². The van der Waals surface area contributed by atoms with Crippen molar-refractivity contribution in [1.29, 1.82) is 0 Å². The molecule has 0 fully saturated rings. The van der Waals surface area contributed by atoms with E-state index in [2.05, 4.69) is 37.0 Å². The van der Waals surface area contributed by atoms with Gasteiger partial charge in [0.15, 0.2) is 0 Å². The molecule has 2 heteroatoms. The predicted octanol–water partition coefficient (Wildman–Crippen LogP) is 3.22. The topological polar surface area (TPSA) is 33.1 Å². The number of aliphatic hydroxyl groups excluding tert-OH is 1. The van der Waals surface area contributed by atoms with E-state index in [4.69, 9.17) is 0 Å². The number of nitrogens with zero attached hydrogens (tertiary/aromatic N) is 1. The zero-order valence-electron chi connectivity index (χ0n) is 10.3. The van der Waals surface area contributed by atoms with Gasteiger partial charge in [-0.1, -0.05) is 11.6 Å². The van der Waals surface area contributed by atoms with Crippen LogP contribution in [0.5, 0.6) is 0 Å². The van der Waals surface area contributed by atoms with Crippen LogP contribution >= 0.6 is 0 Å². The Labute approximate surface area is 101 Å². The van der Waals surface area contributed by atoms with Gasteiger partial charge in [0.05, 0.1) is 17.3 Å². The van der Waals surface area contributed by atoms with Crippen molar-refractivity contribution in [2.24, 2.45) is 0 Å². The first-order valence-electron chi connectivity index (χ1n) is 6.24. The molecule has 2 nitrogen and oxygen atoms in total. The molecule has 17 heavy (non-hydrogen) atoms. The van der Waals surface area contributed by atoms with E-state index in [0.717, 1.165) is 30.5 Å². The minimum Gasteiger partial charge on any atom is -0.387 e.